The Morgan fingerprint density at radius 1 is 1.56 bits per heavy atom. The molecule has 1 aromatic heterocycles. The molecule has 86 valence electrons. The molecule has 1 amide bonds. The first kappa shape index (κ1) is 11.1. The van der Waals surface area contributed by atoms with Crippen LogP contribution in [0.1, 0.15) is 29.6 Å². The van der Waals surface area contributed by atoms with Gasteiger partial charge in [0.05, 0.1) is 22.9 Å². The van der Waals surface area contributed by atoms with Gasteiger partial charge in [-0.25, -0.2) is 0 Å². The van der Waals surface area contributed by atoms with Gasteiger partial charge in [-0.2, -0.15) is 0 Å². The van der Waals surface area contributed by atoms with Crippen molar-refractivity contribution >= 4 is 23.1 Å². The summed E-state index contributed by atoms with van der Waals surface area (Å²) < 4.78 is 4.91. The van der Waals surface area contributed by atoms with Gasteiger partial charge < -0.3 is 15.1 Å². The number of carbonyl (C=O) groups excluding carboxylic acids is 1. The van der Waals surface area contributed by atoms with Gasteiger partial charge in [0.25, 0.3) is 5.91 Å². The molecule has 2 rings (SSSR count). The smallest absolute Gasteiger partial charge is 0.257 e. The number of thiocarbonyl (C=S) groups is 1. The highest BCUT2D eigenvalue weighted by molar-refractivity contribution is 7.80. The van der Waals surface area contributed by atoms with Crippen molar-refractivity contribution in [3.63, 3.8) is 0 Å². The quantitative estimate of drug-likeness (QED) is 0.794. The van der Waals surface area contributed by atoms with Gasteiger partial charge in [0.2, 0.25) is 0 Å². The van der Waals surface area contributed by atoms with E-state index in [-0.39, 0.29) is 11.9 Å². The molecule has 0 aliphatic carbocycles. The standard InChI is InChI=1S/C11H14N2O2S/c12-10(16)9-3-1-2-5-13(9)11(14)8-4-6-15-7-8/h4,6-7,9H,1-3,5H2,(H2,12,16). The Labute approximate surface area is 99.4 Å². The van der Waals surface area contributed by atoms with Crippen LogP contribution in [0.25, 0.3) is 0 Å². The van der Waals surface area contributed by atoms with Crippen molar-refractivity contribution in [3.05, 3.63) is 24.2 Å². The lowest BCUT2D eigenvalue weighted by molar-refractivity contribution is 0.0681. The molecule has 0 aromatic carbocycles. The Morgan fingerprint density at radius 3 is 3.00 bits per heavy atom. The monoisotopic (exact) mass is 238 g/mol. The lowest BCUT2D eigenvalue weighted by Gasteiger charge is -2.34. The van der Waals surface area contributed by atoms with Gasteiger partial charge in [0.15, 0.2) is 0 Å². The second-order valence-electron chi connectivity index (χ2n) is 3.92. The Hall–Kier alpha value is -1.36. The fourth-order valence-electron chi connectivity index (χ4n) is 2.02. The fourth-order valence-corrected chi connectivity index (χ4v) is 2.27. The molecule has 0 spiro atoms. The Kier molecular flexibility index (Phi) is 3.24. The maximum Gasteiger partial charge on any atom is 0.257 e. The zero-order valence-electron chi connectivity index (χ0n) is 8.89. The van der Waals surface area contributed by atoms with Gasteiger partial charge in [-0.15, -0.1) is 0 Å². The minimum Gasteiger partial charge on any atom is -0.472 e. The highest BCUT2D eigenvalue weighted by Crippen LogP contribution is 2.20. The lowest BCUT2D eigenvalue weighted by Crippen LogP contribution is -2.49. The summed E-state index contributed by atoms with van der Waals surface area (Å²) in [5.74, 6) is -0.0498. The van der Waals surface area contributed by atoms with Crippen LogP contribution in [0.4, 0.5) is 0 Å². The molecule has 1 fully saturated rings. The average Bonchev–Trinajstić information content (AvgIpc) is 2.81. The number of nitrogens with zero attached hydrogens (tertiary/aromatic N) is 1. The first-order chi connectivity index (χ1) is 7.70. The summed E-state index contributed by atoms with van der Waals surface area (Å²) in [6.07, 6.45) is 5.87. The molecule has 0 radical (unpaired) electrons. The predicted molar refractivity (Wildman–Crippen MR) is 64.2 cm³/mol. The predicted octanol–water partition coefficient (Wildman–Crippen LogP) is 1.56. The molecule has 1 aliphatic heterocycles. The van der Waals surface area contributed by atoms with E-state index in [2.05, 4.69) is 0 Å². The second-order valence-corrected chi connectivity index (χ2v) is 4.40. The molecule has 1 aromatic rings. The molecule has 2 heterocycles. The third-order valence-corrected chi connectivity index (χ3v) is 3.13. The Balaban J connectivity index is 2.17. The summed E-state index contributed by atoms with van der Waals surface area (Å²) in [5, 5.41) is 0. The van der Waals surface area contributed by atoms with Crippen molar-refractivity contribution in [2.75, 3.05) is 6.54 Å². The van der Waals surface area contributed by atoms with Crippen LogP contribution in [0.3, 0.4) is 0 Å². The van der Waals surface area contributed by atoms with E-state index in [0.717, 1.165) is 19.3 Å². The summed E-state index contributed by atoms with van der Waals surface area (Å²) in [6, 6.07) is 1.55. The molecule has 0 saturated carbocycles. The van der Waals surface area contributed by atoms with Crippen LogP contribution >= 0.6 is 12.2 Å². The topological polar surface area (TPSA) is 59.5 Å². The maximum absolute atomic E-state index is 12.1. The first-order valence-corrected chi connectivity index (χ1v) is 5.73. The van der Waals surface area contributed by atoms with Crippen LogP contribution in [-0.2, 0) is 0 Å². The zero-order chi connectivity index (χ0) is 11.5. The minimum atomic E-state index is -0.105. The van der Waals surface area contributed by atoms with Crippen molar-refractivity contribution in [3.8, 4) is 0 Å². The number of hydrogen-bond acceptors (Lipinski definition) is 3. The number of hydrogen-bond donors (Lipinski definition) is 1. The molecule has 2 N–H and O–H groups in total. The molecular formula is C11H14N2O2S. The van der Waals surface area contributed by atoms with Crippen molar-refractivity contribution in [2.24, 2.45) is 5.73 Å². The van der Waals surface area contributed by atoms with Crippen molar-refractivity contribution < 1.29 is 9.21 Å². The maximum atomic E-state index is 12.1. The number of amides is 1. The van der Waals surface area contributed by atoms with Gasteiger partial charge in [-0.1, -0.05) is 12.2 Å². The van der Waals surface area contributed by atoms with Gasteiger partial charge >= 0.3 is 0 Å². The second kappa shape index (κ2) is 4.65. The third kappa shape index (κ3) is 2.09. The van der Waals surface area contributed by atoms with Crippen LogP contribution < -0.4 is 5.73 Å². The van der Waals surface area contributed by atoms with E-state index in [9.17, 15) is 4.79 Å². The fraction of sp³-hybridized carbons (Fsp3) is 0.455. The SMILES string of the molecule is NC(=S)C1CCCCN1C(=O)c1ccoc1. The van der Waals surface area contributed by atoms with E-state index in [4.69, 9.17) is 22.4 Å². The largest absolute Gasteiger partial charge is 0.472 e. The van der Waals surface area contributed by atoms with E-state index >= 15 is 0 Å². The molecule has 5 heteroatoms. The van der Waals surface area contributed by atoms with Gasteiger partial charge in [-0.05, 0) is 25.3 Å². The molecular weight excluding hydrogens is 224 g/mol. The number of piperidine rings is 1. The minimum absolute atomic E-state index is 0.0498. The number of likely N-dealkylation sites (tertiary alicyclic amines) is 1. The van der Waals surface area contributed by atoms with Crippen LogP contribution in [0.15, 0.2) is 23.0 Å². The van der Waals surface area contributed by atoms with Crippen LogP contribution in [0.2, 0.25) is 0 Å². The van der Waals surface area contributed by atoms with E-state index in [1.165, 1.54) is 12.5 Å². The summed E-state index contributed by atoms with van der Waals surface area (Å²) in [6.45, 7) is 0.714. The number of nitrogens with two attached hydrogens (primary N) is 1. The Morgan fingerprint density at radius 2 is 2.38 bits per heavy atom. The van der Waals surface area contributed by atoms with E-state index in [1.54, 1.807) is 11.0 Å². The van der Waals surface area contributed by atoms with Crippen molar-refractivity contribution in [1.82, 2.24) is 4.90 Å². The molecule has 1 saturated heterocycles. The molecule has 1 aliphatic rings. The van der Waals surface area contributed by atoms with Crippen molar-refractivity contribution in [1.29, 1.82) is 0 Å². The Bertz CT molecular complexity index is 389. The van der Waals surface area contributed by atoms with Crippen LogP contribution in [0.5, 0.6) is 0 Å². The highest BCUT2D eigenvalue weighted by Gasteiger charge is 2.29. The molecule has 1 unspecified atom stereocenters. The van der Waals surface area contributed by atoms with Crippen molar-refractivity contribution in [2.45, 2.75) is 25.3 Å². The van der Waals surface area contributed by atoms with E-state index in [0.29, 0.717) is 17.1 Å². The normalized spacial score (nSPS) is 20.8. The number of carbonyl (C=O) groups is 1. The summed E-state index contributed by atoms with van der Waals surface area (Å²) >= 11 is 5.00. The highest BCUT2D eigenvalue weighted by atomic mass is 32.1. The number of furan rings is 1. The first-order valence-electron chi connectivity index (χ1n) is 5.32. The molecule has 4 nitrogen and oxygen atoms in total. The third-order valence-electron chi connectivity index (χ3n) is 2.86. The summed E-state index contributed by atoms with van der Waals surface area (Å²) in [7, 11) is 0. The molecule has 0 bridgehead atoms. The zero-order valence-corrected chi connectivity index (χ0v) is 9.70. The molecule has 16 heavy (non-hydrogen) atoms. The van der Waals surface area contributed by atoms with Gasteiger partial charge in [0, 0.05) is 6.54 Å². The average molecular weight is 238 g/mol. The van der Waals surface area contributed by atoms with Gasteiger partial charge in [0.1, 0.15) is 6.26 Å². The molecule has 1 atom stereocenters. The van der Waals surface area contributed by atoms with Gasteiger partial charge in [-0.3, -0.25) is 4.79 Å². The summed E-state index contributed by atoms with van der Waals surface area (Å²) in [4.78, 5) is 14.3. The lowest BCUT2D eigenvalue weighted by atomic mass is 10.0. The van der Waals surface area contributed by atoms with E-state index in [1.807, 2.05) is 0 Å². The van der Waals surface area contributed by atoms with Crippen LogP contribution in [-0.4, -0.2) is 28.4 Å². The van der Waals surface area contributed by atoms with Crippen LogP contribution in [0, 0.1) is 0 Å². The summed E-state index contributed by atoms with van der Waals surface area (Å²) in [5.41, 5.74) is 6.22. The van der Waals surface area contributed by atoms with E-state index < -0.39 is 0 Å². The number of rotatable bonds is 2.